The Hall–Kier alpha value is -4.25. The lowest BCUT2D eigenvalue weighted by atomic mass is 10.1. The monoisotopic (exact) mass is 391 g/mol. The Balaban J connectivity index is 1.43. The summed E-state index contributed by atoms with van der Waals surface area (Å²) in [6.07, 6.45) is 3.40. The van der Waals surface area contributed by atoms with Crippen molar-refractivity contribution in [1.29, 1.82) is 0 Å². The van der Waals surface area contributed by atoms with Crippen molar-refractivity contribution in [3.8, 4) is 45.8 Å². The van der Waals surface area contributed by atoms with Gasteiger partial charge in [-0.2, -0.15) is 0 Å². The van der Waals surface area contributed by atoms with Gasteiger partial charge in [0.1, 0.15) is 11.4 Å². The lowest BCUT2D eigenvalue weighted by molar-refractivity contribution is 0.463. The van der Waals surface area contributed by atoms with Gasteiger partial charge in [0.05, 0.1) is 11.9 Å². The van der Waals surface area contributed by atoms with Crippen LogP contribution in [0.5, 0.6) is 11.6 Å². The van der Waals surface area contributed by atoms with E-state index in [0.717, 1.165) is 22.5 Å². The number of hydrogen-bond donors (Lipinski definition) is 0. The van der Waals surface area contributed by atoms with Gasteiger partial charge in [0.2, 0.25) is 11.8 Å². The Morgan fingerprint density at radius 1 is 0.667 bits per heavy atom. The van der Waals surface area contributed by atoms with Crippen molar-refractivity contribution in [2.75, 3.05) is 0 Å². The topological polar surface area (TPSA) is 61.0 Å². The predicted molar refractivity (Wildman–Crippen MR) is 115 cm³/mol. The SMILES string of the molecule is c1ccc(-c2ncc(-c3cccc(-c4cccc(Oc5ccccn5)c4)n3)o2)cc1. The third kappa shape index (κ3) is 3.82. The first kappa shape index (κ1) is 17.8. The van der Waals surface area contributed by atoms with Crippen LogP contribution < -0.4 is 4.74 Å². The van der Waals surface area contributed by atoms with Gasteiger partial charge in [-0.1, -0.05) is 42.5 Å². The minimum absolute atomic E-state index is 0.548. The fourth-order valence-electron chi connectivity index (χ4n) is 3.09. The summed E-state index contributed by atoms with van der Waals surface area (Å²) >= 11 is 0. The van der Waals surface area contributed by atoms with Crippen LogP contribution in [0.3, 0.4) is 0 Å². The maximum absolute atomic E-state index is 5.94. The molecule has 5 heteroatoms. The van der Waals surface area contributed by atoms with Crippen LogP contribution in [0.25, 0.3) is 34.2 Å². The van der Waals surface area contributed by atoms with Gasteiger partial charge in [-0.3, -0.25) is 0 Å². The van der Waals surface area contributed by atoms with E-state index in [0.29, 0.717) is 23.3 Å². The van der Waals surface area contributed by atoms with E-state index in [9.17, 15) is 0 Å². The van der Waals surface area contributed by atoms with Crippen molar-refractivity contribution >= 4 is 0 Å². The molecular formula is C25H17N3O2. The maximum Gasteiger partial charge on any atom is 0.226 e. The highest BCUT2D eigenvalue weighted by atomic mass is 16.5. The highest BCUT2D eigenvalue weighted by Crippen LogP contribution is 2.29. The van der Waals surface area contributed by atoms with Crippen molar-refractivity contribution in [1.82, 2.24) is 15.0 Å². The molecule has 3 aromatic heterocycles. The highest BCUT2D eigenvalue weighted by Gasteiger charge is 2.11. The van der Waals surface area contributed by atoms with Crippen LogP contribution in [-0.2, 0) is 0 Å². The zero-order valence-electron chi connectivity index (χ0n) is 16.0. The number of hydrogen-bond acceptors (Lipinski definition) is 5. The van der Waals surface area contributed by atoms with Crippen LogP contribution in [0.4, 0.5) is 0 Å². The largest absolute Gasteiger partial charge is 0.439 e. The zero-order valence-corrected chi connectivity index (χ0v) is 16.0. The van der Waals surface area contributed by atoms with Gasteiger partial charge >= 0.3 is 0 Å². The molecule has 0 aliphatic rings. The highest BCUT2D eigenvalue weighted by molar-refractivity contribution is 5.65. The molecule has 0 spiro atoms. The molecule has 0 saturated carbocycles. The van der Waals surface area contributed by atoms with Gasteiger partial charge in [0.15, 0.2) is 5.76 Å². The molecule has 0 fully saturated rings. The molecule has 0 radical (unpaired) electrons. The molecular weight excluding hydrogens is 374 g/mol. The second-order valence-electron chi connectivity index (χ2n) is 6.60. The molecule has 0 bridgehead atoms. The molecule has 0 N–H and O–H groups in total. The van der Waals surface area contributed by atoms with E-state index < -0.39 is 0 Å². The summed E-state index contributed by atoms with van der Waals surface area (Å²) in [7, 11) is 0. The molecule has 5 rings (SSSR count). The fraction of sp³-hybridized carbons (Fsp3) is 0. The minimum atomic E-state index is 0.548. The molecule has 0 aliphatic carbocycles. The molecule has 0 atom stereocenters. The molecule has 0 saturated heterocycles. The van der Waals surface area contributed by atoms with Crippen molar-refractivity contribution in [3.05, 3.63) is 103 Å². The van der Waals surface area contributed by atoms with Crippen molar-refractivity contribution < 1.29 is 9.15 Å². The maximum atomic E-state index is 5.94. The van der Waals surface area contributed by atoms with E-state index in [-0.39, 0.29) is 0 Å². The van der Waals surface area contributed by atoms with Crippen LogP contribution in [-0.4, -0.2) is 15.0 Å². The summed E-state index contributed by atoms with van der Waals surface area (Å²) in [5, 5.41) is 0. The van der Waals surface area contributed by atoms with E-state index in [2.05, 4.69) is 9.97 Å². The van der Waals surface area contributed by atoms with E-state index in [4.69, 9.17) is 14.1 Å². The first-order chi connectivity index (χ1) is 14.8. The van der Waals surface area contributed by atoms with Crippen LogP contribution >= 0.6 is 0 Å². The normalized spacial score (nSPS) is 10.7. The Morgan fingerprint density at radius 2 is 1.47 bits per heavy atom. The van der Waals surface area contributed by atoms with Crippen molar-refractivity contribution in [2.45, 2.75) is 0 Å². The average molecular weight is 391 g/mol. The minimum Gasteiger partial charge on any atom is -0.439 e. The molecule has 0 amide bonds. The fourth-order valence-corrected chi connectivity index (χ4v) is 3.09. The predicted octanol–water partition coefficient (Wildman–Crippen LogP) is 6.26. The molecule has 144 valence electrons. The third-order valence-corrected chi connectivity index (χ3v) is 4.52. The summed E-state index contributed by atoms with van der Waals surface area (Å²) in [6.45, 7) is 0. The first-order valence-electron chi connectivity index (χ1n) is 9.53. The van der Waals surface area contributed by atoms with Crippen LogP contribution in [0.1, 0.15) is 0 Å². The Labute approximate surface area is 173 Å². The van der Waals surface area contributed by atoms with Crippen LogP contribution in [0.15, 0.2) is 108 Å². The molecule has 30 heavy (non-hydrogen) atoms. The number of benzene rings is 2. The lowest BCUT2D eigenvalue weighted by Gasteiger charge is -2.07. The van der Waals surface area contributed by atoms with E-state index in [1.54, 1.807) is 12.4 Å². The van der Waals surface area contributed by atoms with Gasteiger partial charge in [0.25, 0.3) is 0 Å². The van der Waals surface area contributed by atoms with Gasteiger partial charge in [-0.25, -0.2) is 15.0 Å². The zero-order chi connectivity index (χ0) is 20.2. The second kappa shape index (κ2) is 8.01. The number of aromatic nitrogens is 3. The molecule has 5 nitrogen and oxygen atoms in total. The summed E-state index contributed by atoms with van der Waals surface area (Å²) in [5.74, 6) is 2.44. The van der Waals surface area contributed by atoms with Gasteiger partial charge in [0, 0.05) is 23.4 Å². The summed E-state index contributed by atoms with van der Waals surface area (Å²) in [6, 6.07) is 28.9. The number of oxazole rings is 1. The number of ether oxygens (including phenoxy) is 1. The summed E-state index contributed by atoms with van der Waals surface area (Å²) in [5.41, 5.74) is 3.40. The van der Waals surface area contributed by atoms with E-state index in [1.807, 2.05) is 91.0 Å². The molecule has 3 heterocycles. The number of pyridine rings is 2. The van der Waals surface area contributed by atoms with Crippen LogP contribution in [0, 0.1) is 0 Å². The average Bonchev–Trinajstić information content (AvgIpc) is 3.31. The summed E-state index contributed by atoms with van der Waals surface area (Å²) in [4.78, 5) is 13.4. The second-order valence-corrected chi connectivity index (χ2v) is 6.60. The Morgan fingerprint density at radius 3 is 2.33 bits per heavy atom. The summed E-state index contributed by atoms with van der Waals surface area (Å²) < 4.78 is 11.8. The van der Waals surface area contributed by atoms with Gasteiger partial charge < -0.3 is 9.15 Å². The van der Waals surface area contributed by atoms with Crippen molar-refractivity contribution in [2.24, 2.45) is 0 Å². The standard InChI is InChI=1S/C25H17N3O2/c1-2-8-18(9-3-1)25-27-17-23(30-25)22-13-7-12-21(28-22)19-10-6-11-20(16-19)29-24-14-4-5-15-26-24/h1-17H. The Bertz CT molecular complexity index is 1270. The quantitative estimate of drug-likeness (QED) is 0.354. The number of rotatable bonds is 5. The lowest BCUT2D eigenvalue weighted by Crippen LogP contribution is -1.89. The molecule has 0 unspecified atom stereocenters. The molecule has 5 aromatic rings. The smallest absolute Gasteiger partial charge is 0.226 e. The Kier molecular flexibility index (Phi) is 4.76. The third-order valence-electron chi connectivity index (χ3n) is 4.52. The molecule has 2 aromatic carbocycles. The number of nitrogens with zero attached hydrogens (tertiary/aromatic N) is 3. The van der Waals surface area contributed by atoms with E-state index >= 15 is 0 Å². The van der Waals surface area contributed by atoms with E-state index in [1.165, 1.54) is 0 Å². The van der Waals surface area contributed by atoms with Gasteiger partial charge in [-0.15, -0.1) is 0 Å². The van der Waals surface area contributed by atoms with Crippen molar-refractivity contribution in [3.63, 3.8) is 0 Å². The van der Waals surface area contributed by atoms with Crippen LogP contribution in [0.2, 0.25) is 0 Å². The molecule has 0 aliphatic heterocycles. The first-order valence-corrected chi connectivity index (χ1v) is 9.53. The van der Waals surface area contributed by atoms with Gasteiger partial charge in [-0.05, 0) is 42.5 Å².